The fraction of sp³-hybridized carbons (Fsp3) is 0.667. The molecule has 0 saturated heterocycles. The molecule has 0 radical (unpaired) electrons. The van der Waals surface area contributed by atoms with Gasteiger partial charge >= 0.3 is 0 Å². The third-order valence-electron chi connectivity index (χ3n) is 4.65. The number of nitrogens with zero attached hydrogens (tertiary/aromatic N) is 3. The van der Waals surface area contributed by atoms with Gasteiger partial charge in [0, 0.05) is 26.7 Å². The summed E-state index contributed by atoms with van der Waals surface area (Å²) in [5.74, 6) is 0.570. The molecule has 0 aliphatic carbocycles. The van der Waals surface area contributed by atoms with Crippen LogP contribution in [0.4, 0.5) is 10.1 Å². The van der Waals surface area contributed by atoms with Crippen molar-refractivity contribution in [3.05, 3.63) is 29.6 Å². The van der Waals surface area contributed by atoms with Crippen LogP contribution in [-0.2, 0) is 6.54 Å². The molecular weight excluding hydrogens is 341 g/mol. The molecule has 0 amide bonds. The largest absolute Gasteiger partial charge is 0.375 e. The molecule has 27 heavy (non-hydrogen) atoms. The molecule has 0 fully saturated rings. The molecule has 0 aromatic heterocycles. The molecule has 1 aromatic carbocycles. The molecule has 0 saturated carbocycles. The van der Waals surface area contributed by atoms with Crippen LogP contribution < -0.4 is 15.5 Å². The first-order valence-corrected chi connectivity index (χ1v) is 10.1. The fourth-order valence-electron chi connectivity index (χ4n) is 2.97. The third-order valence-corrected chi connectivity index (χ3v) is 4.65. The van der Waals surface area contributed by atoms with Crippen LogP contribution in [0.5, 0.6) is 0 Å². The summed E-state index contributed by atoms with van der Waals surface area (Å²) in [4.78, 5) is 8.83. The summed E-state index contributed by atoms with van der Waals surface area (Å²) in [6.07, 6.45) is 2.25. The molecule has 5 nitrogen and oxygen atoms in total. The van der Waals surface area contributed by atoms with E-state index >= 15 is 0 Å². The predicted molar refractivity (Wildman–Crippen MR) is 115 cm³/mol. The quantitative estimate of drug-likeness (QED) is 0.456. The number of anilines is 1. The second-order valence-electron chi connectivity index (χ2n) is 7.09. The van der Waals surface area contributed by atoms with Gasteiger partial charge in [0.2, 0.25) is 0 Å². The summed E-state index contributed by atoms with van der Waals surface area (Å²) in [5, 5.41) is 6.74. The first-order chi connectivity index (χ1) is 12.9. The average Bonchev–Trinajstić information content (AvgIpc) is 2.63. The molecular formula is C21H38FN5. The van der Waals surface area contributed by atoms with E-state index in [2.05, 4.69) is 41.3 Å². The van der Waals surface area contributed by atoms with Gasteiger partial charge in [-0.25, -0.2) is 9.38 Å². The Hall–Kier alpha value is -1.82. The van der Waals surface area contributed by atoms with Gasteiger partial charge in [-0.1, -0.05) is 19.9 Å². The van der Waals surface area contributed by atoms with Crippen LogP contribution in [0.25, 0.3) is 0 Å². The van der Waals surface area contributed by atoms with Crippen molar-refractivity contribution < 1.29 is 4.39 Å². The normalized spacial score (nSPS) is 13.0. The van der Waals surface area contributed by atoms with E-state index in [1.807, 2.05) is 27.1 Å². The highest BCUT2D eigenvalue weighted by atomic mass is 19.1. The number of hydrogen-bond acceptors (Lipinski definition) is 3. The van der Waals surface area contributed by atoms with Crippen molar-refractivity contribution in [3.8, 4) is 0 Å². The number of nitrogens with one attached hydrogen (secondary N) is 2. The van der Waals surface area contributed by atoms with Crippen LogP contribution in [0.1, 0.15) is 46.1 Å². The number of hydrogen-bond donors (Lipinski definition) is 2. The lowest BCUT2D eigenvalue weighted by molar-refractivity contribution is 0.292. The Morgan fingerprint density at radius 3 is 2.44 bits per heavy atom. The van der Waals surface area contributed by atoms with Gasteiger partial charge in [0.1, 0.15) is 5.82 Å². The van der Waals surface area contributed by atoms with Crippen LogP contribution in [0.3, 0.4) is 0 Å². The summed E-state index contributed by atoms with van der Waals surface area (Å²) < 4.78 is 14.1. The number of halogens is 1. The maximum atomic E-state index is 14.1. The molecule has 0 bridgehead atoms. The van der Waals surface area contributed by atoms with Crippen LogP contribution in [-0.4, -0.2) is 57.2 Å². The highest BCUT2D eigenvalue weighted by Gasteiger charge is 2.08. The minimum atomic E-state index is -0.213. The van der Waals surface area contributed by atoms with Crippen LogP contribution in [0, 0.1) is 5.82 Å². The molecule has 0 spiro atoms. The van der Waals surface area contributed by atoms with Crippen LogP contribution in [0.15, 0.2) is 23.2 Å². The third kappa shape index (κ3) is 8.61. The molecule has 2 N–H and O–H groups in total. The monoisotopic (exact) mass is 379 g/mol. The molecule has 0 aliphatic rings. The summed E-state index contributed by atoms with van der Waals surface area (Å²) in [6, 6.07) is 5.64. The van der Waals surface area contributed by atoms with E-state index in [0.29, 0.717) is 18.3 Å². The Bertz CT molecular complexity index is 570. The zero-order chi connectivity index (χ0) is 20.2. The zero-order valence-electron chi connectivity index (χ0n) is 18.0. The van der Waals surface area contributed by atoms with E-state index in [-0.39, 0.29) is 5.82 Å². The fourth-order valence-corrected chi connectivity index (χ4v) is 2.97. The zero-order valence-corrected chi connectivity index (χ0v) is 18.0. The standard InChI is InChI=1S/C21H38FN5/c1-7-23-21(25-17(4)11-10-14-27(8-2)9-3)24-16-18-12-13-20(26(5)6)19(22)15-18/h12-13,15,17H,7-11,14,16H2,1-6H3,(H2,23,24,25). The number of aliphatic imine (C=N–C) groups is 1. The van der Waals surface area contributed by atoms with E-state index < -0.39 is 0 Å². The van der Waals surface area contributed by atoms with E-state index in [0.717, 1.165) is 50.5 Å². The van der Waals surface area contributed by atoms with E-state index in [1.165, 1.54) is 0 Å². The summed E-state index contributed by atoms with van der Waals surface area (Å²) in [7, 11) is 3.68. The van der Waals surface area contributed by atoms with Gasteiger partial charge in [0.15, 0.2) is 5.96 Å². The minimum Gasteiger partial charge on any atom is -0.375 e. The van der Waals surface area contributed by atoms with E-state index in [1.54, 1.807) is 17.0 Å². The van der Waals surface area contributed by atoms with Crippen LogP contribution >= 0.6 is 0 Å². The van der Waals surface area contributed by atoms with Gasteiger partial charge < -0.3 is 20.4 Å². The first-order valence-electron chi connectivity index (χ1n) is 10.1. The number of rotatable bonds is 11. The first kappa shape index (κ1) is 23.2. The van der Waals surface area contributed by atoms with Crippen molar-refractivity contribution in [2.75, 3.05) is 45.2 Å². The van der Waals surface area contributed by atoms with Gasteiger partial charge in [-0.2, -0.15) is 0 Å². The smallest absolute Gasteiger partial charge is 0.191 e. The van der Waals surface area contributed by atoms with Crippen molar-refractivity contribution in [2.45, 2.75) is 53.1 Å². The Kier molecular flexibility index (Phi) is 10.8. The van der Waals surface area contributed by atoms with Crippen molar-refractivity contribution in [3.63, 3.8) is 0 Å². The average molecular weight is 380 g/mol. The van der Waals surface area contributed by atoms with Gasteiger partial charge in [-0.15, -0.1) is 0 Å². The molecule has 1 atom stereocenters. The molecule has 154 valence electrons. The van der Waals surface area contributed by atoms with E-state index in [9.17, 15) is 4.39 Å². The second kappa shape index (κ2) is 12.5. The molecule has 1 rings (SSSR count). The molecule has 0 heterocycles. The highest BCUT2D eigenvalue weighted by molar-refractivity contribution is 5.80. The van der Waals surface area contributed by atoms with Crippen molar-refractivity contribution in [1.29, 1.82) is 0 Å². The molecule has 1 unspecified atom stereocenters. The Morgan fingerprint density at radius 1 is 1.19 bits per heavy atom. The lowest BCUT2D eigenvalue weighted by Crippen LogP contribution is -2.42. The lowest BCUT2D eigenvalue weighted by atomic mass is 10.1. The van der Waals surface area contributed by atoms with Crippen LogP contribution in [0.2, 0.25) is 0 Å². The minimum absolute atomic E-state index is 0.213. The number of guanidine groups is 1. The maximum absolute atomic E-state index is 14.1. The van der Waals surface area contributed by atoms with Crippen molar-refractivity contribution >= 4 is 11.6 Å². The molecule has 1 aromatic rings. The Morgan fingerprint density at radius 2 is 1.89 bits per heavy atom. The summed E-state index contributed by atoms with van der Waals surface area (Å²) >= 11 is 0. The topological polar surface area (TPSA) is 42.9 Å². The van der Waals surface area contributed by atoms with Gasteiger partial charge in [0.25, 0.3) is 0 Å². The molecule has 0 aliphatic heterocycles. The SMILES string of the molecule is CCNC(=NCc1ccc(N(C)C)c(F)c1)NC(C)CCCN(CC)CC. The van der Waals surface area contributed by atoms with Gasteiger partial charge in [0.05, 0.1) is 12.2 Å². The second-order valence-corrected chi connectivity index (χ2v) is 7.09. The molecule has 6 heteroatoms. The van der Waals surface area contributed by atoms with Crippen molar-refractivity contribution in [1.82, 2.24) is 15.5 Å². The lowest BCUT2D eigenvalue weighted by Gasteiger charge is -2.21. The summed E-state index contributed by atoms with van der Waals surface area (Å²) in [5.41, 5.74) is 1.46. The summed E-state index contributed by atoms with van der Waals surface area (Å²) in [6.45, 7) is 13.2. The number of benzene rings is 1. The van der Waals surface area contributed by atoms with Crippen molar-refractivity contribution in [2.24, 2.45) is 4.99 Å². The maximum Gasteiger partial charge on any atom is 0.191 e. The predicted octanol–water partition coefficient (Wildman–Crippen LogP) is 3.46. The van der Waals surface area contributed by atoms with E-state index in [4.69, 9.17) is 0 Å². The Labute approximate surface area is 165 Å². The highest BCUT2D eigenvalue weighted by Crippen LogP contribution is 2.18. The van der Waals surface area contributed by atoms with Gasteiger partial charge in [-0.05, 0) is 64.0 Å². The van der Waals surface area contributed by atoms with Gasteiger partial charge in [-0.3, -0.25) is 0 Å². The Balaban J connectivity index is 2.60.